The summed E-state index contributed by atoms with van der Waals surface area (Å²) in [6, 6.07) is 18.1. The van der Waals surface area contributed by atoms with Crippen molar-refractivity contribution in [2.45, 2.75) is 32.6 Å². The first kappa shape index (κ1) is 21.1. The van der Waals surface area contributed by atoms with Crippen LogP contribution in [0.4, 0.5) is 5.69 Å². The number of para-hydroxylation sites is 1. The molecule has 0 aromatic heterocycles. The first-order valence-electron chi connectivity index (χ1n) is 10.5. The van der Waals surface area contributed by atoms with Gasteiger partial charge in [0.1, 0.15) is 0 Å². The number of amides is 2. The fourth-order valence-electron chi connectivity index (χ4n) is 3.79. The van der Waals surface area contributed by atoms with Crippen molar-refractivity contribution in [3.05, 3.63) is 65.7 Å². The molecule has 1 atom stereocenters. The number of hydrogen-bond donors (Lipinski definition) is 1. The lowest BCUT2D eigenvalue weighted by molar-refractivity contribution is -0.133. The molecule has 0 aliphatic carbocycles. The molecule has 0 saturated carbocycles. The molecule has 1 heterocycles. The third-order valence-electron chi connectivity index (χ3n) is 5.61. The van der Waals surface area contributed by atoms with Crippen molar-refractivity contribution in [2.75, 3.05) is 38.0 Å². The fourth-order valence-corrected chi connectivity index (χ4v) is 3.79. The first-order chi connectivity index (χ1) is 14.1. The highest BCUT2D eigenvalue weighted by molar-refractivity contribution is 5.93. The summed E-state index contributed by atoms with van der Waals surface area (Å²) < 4.78 is 0. The molecule has 1 N–H and O–H groups in total. The summed E-state index contributed by atoms with van der Waals surface area (Å²) in [5, 5.41) is 3.03. The lowest BCUT2D eigenvalue weighted by atomic mass is 9.97. The number of aryl methyl sites for hydroxylation is 1. The Hall–Kier alpha value is -2.66. The van der Waals surface area contributed by atoms with Crippen LogP contribution in [0.5, 0.6) is 0 Å². The highest BCUT2D eigenvalue weighted by Crippen LogP contribution is 2.20. The molecule has 1 saturated heterocycles. The lowest BCUT2D eigenvalue weighted by Crippen LogP contribution is -2.50. The molecule has 2 amide bonds. The van der Waals surface area contributed by atoms with Gasteiger partial charge in [-0.25, -0.2) is 0 Å². The van der Waals surface area contributed by atoms with Crippen LogP contribution in [0.15, 0.2) is 54.6 Å². The van der Waals surface area contributed by atoms with Crippen molar-refractivity contribution in [3.63, 3.8) is 0 Å². The summed E-state index contributed by atoms with van der Waals surface area (Å²) in [5.41, 5.74) is 3.23. The molecule has 0 unspecified atom stereocenters. The molecule has 5 nitrogen and oxygen atoms in total. The van der Waals surface area contributed by atoms with Gasteiger partial charge in [0, 0.05) is 38.3 Å². The number of nitrogens with zero attached hydrogens (tertiary/aromatic N) is 2. The van der Waals surface area contributed by atoms with Gasteiger partial charge in [-0.05, 0) is 29.5 Å². The molecular formula is C24H31N3O2. The Morgan fingerprint density at radius 3 is 2.31 bits per heavy atom. The van der Waals surface area contributed by atoms with Crippen LogP contribution in [0.3, 0.4) is 0 Å². The minimum absolute atomic E-state index is 0.00313. The third-order valence-corrected chi connectivity index (χ3v) is 5.61. The zero-order chi connectivity index (χ0) is 20.6. The van der Waals surface area contributed by atoms with E-state index in [0.29, 0.717) is 26.1 Å². The average molecular weight is 394 g/mol. The average Bonchev–Trinajstić information content (AvgIpc) is 2.75. The van der Waals surface area contributed by atoms with Crippen molar-refractivity contribution in [1.29, 1.82) is 0 Å². The molecule has 5 heteroatoms. The van der Waals surface area contributed by atoms with Gasteiger partial charge >= 0.3 is 0 Å². The predicted molar refractivity (Wildman–Crippen MR) is 117 cm³/mol. The molecule has 2 aromatic rings. The van der Waals surface area contributed by atoms with Crippen LogP contribution in [0, 0.1) is 0 Å². The monoisotopic (exact) mass is 393 g/mol. The Bertz CT molecular complexity index is 814. The minimum Gasteiger partial charge on any atom is -0.340 e. The third kappa shape index (κ3) is 5.91. The van der Waals surface area contributed by atoms with E-state index < -0.39 is 0 Å². The van der Waals surface area contributed by atoms with E-state index in [4.69, 9.17) is 0 Å². The highest BCUT2D eigenvalue weighted by atomic mass is 16.2. The molecular weight excluding hydrogens is 362 g/mol. The van der Waals surface area contributed by atoms with E-state index in [0.717, 1.165) is 30.8 Å². The van der Waals surface area contributed by atoms with E-state index in [1.807, 2.05) is 47.4 Å². The molecule has 0 radical (unpaired) electrons. The summed E-state index contributed by atoms with van der Waals surface area (Å²) >= 11 is 0. The largest absolute Gasteiger partial charge is 0.340 e. The summed E-state index contributed by atoms with van der Waals surface area (Å²) in [6.45, 7) is 7.36. The molecule has 2 aromatic carbocycles. The van der Waals surface area contributed by atoms with Gasteiger partial charge in [0.15, 0.2) is 0 Å². The van der Waals surface area contributed by atoms with Gasteiger partial charge in [0.05, 0.1) is 6.54 Å². The smallest absolute Gasteiger partial charge is 0.238 e. The number of hydrogen-bond acceptors (Lipinski definition) is 3. The molecule has 154 valence electrons. The number of nitrogens with one attached hydrogen (secondary N) is 1. The van der Waals surface area contributed by atoms with Crippen LogP contribution in [0.1, 0.15) is 37.3 Å². The van der Waals surface area contributed by atoms with E-state index in [9.17, 15) is 9.59 Å². The molecule has 1 aliphatic rings. The lowest BCUT2D eigenvalue weighted by Gasteiger charge is -2.35. The number of piperazine rings is 1. The topological polar surface area (TPSA) is 52.7 Å². The van der Waals surface area contributed by atoms with Crippen LogP contribution >= 0.6 is 0 Å². The standard InChI is InChI=1S/C24H31N3O2/c1-3-20-9-7-8-12-22(20)25-23(28)18-26-13-15-27(16-14-26)24(29)17-19(2)21-10-5-4-6-11-21/h4-12,19H,3,13-18H2,1-2H3,(H,25,28)/t19-/m1/s1. The Morgan fingerprint density at radius 2 is 1.62 bits per heavy atom. The van der Waals surface area contributed by atoms with Gasteiger partial charge in [0.25, 0.3) is 0 Å². The molecule has 1 fully saturated rings. The van der Waals surface area contributed by atoms with Crippen molar-refractivity contribution in [2.24, 2.45) is 0 Å². The van der Waals surface area contributed by atoms with Crippen molar-refractivity contribution in [1.82, 2.24) is 9.80 Å². The summed E-state index contributed by atoms with van der Waals surface area (Å²) in [4.78, 5) is 29.1. The van der Waals surface area contributed by atoms with E-state index in [-0.39, 0.29) is 17.7 Å². The van der Waals surface area contributed by atoms with Crippen LogP contribution in [-0.4, -0.2) is 54.3 Å². The maximum absolute atomic E-state index is 12.7. The quantitative estimate of drug-likeness (QED) is 0.783. The molecule has 3 rings (SSSR count). The zero-order valence-corrected chi connectivity index (χ0v) is 17.4. The zero-order valence-electron chi connectivity index (χ0n) is 17.4. The Kier molecular flexibility index (Phi) is 7.42. The maximum atomic E-state index is 12.7. The number of carbonyl (C=O) groups excluding carboxylic acids is 2. The van der Waals surface area contributed by atoms with Crippen molar-refractivity contribution >= 4 is 17.5 Å². The summed E-state index contributed by atoms with van der Waals surface area (Å²) in [7, 11) is 0. The van der Waals surface area contributed by atoms with E-state index >= 15 is 0 Å². The van der Waals surface area contributed by atoms with E-state index in [2.05, 4.69) is 36.2 Å². The van der Waals surface area contributed by atoms with Crippen molar-refractivity contribution < 1.29 is 9.59 Å². The van der Waals surface area contributed by atoms with Gasteiger partial charge in [-0.2, -0.15) is 0 Å². The normalized spacial score (nSPS) is 15.7. The first-order valence-corrected chi connectivity index (χ1v) is 10.5. The van der Waals surface area contributed by atoms with Crippen LogP contribution in [-0.2, 0) is 16.0 Å². The highest BCUT2D eigenvalue weighted by Gasteiger charge is 2.24. The van der Waals surface area contributed by atoms with Gasteiger partial charge < -0.3 is 10.2 Å². The van der Waals surface area contributed by atoms with Crippen LogP contribution in [0.2, 0.25) is 0 Å². The molecule has 29 heavy (non-hydrogen) atoms. The second-order valence-electron chi connectivity index (χ2n) is 7.73. The van der Waals surface area contributed by atoms with Gasteiger partial charge in [-0.3, -0.25) is 14.5 Å². The van der Waals surface area contributed by atoms with Crippen LogP contribution in [0.25, 0.3) is 0 Å². The van der Waals surface area contributed by atoms with Crippen molar-refractivity contribution in [3.8, 4) is 0 Å². The second kappa shape index (κ2) is 10.2. The Balaban J connectivity index is 1.44. The minimum atomic E-state index is 0.00313. The summed E-state index contributed by atoms with van der Waals surface area (Å²) in [5.74, 6) is 0.414. The predicted octanol–water partition coefficient (Wildman–Crippen LogP) is 3.53. The molecule has 1 aliphatic heterocycles. The SMILES string of the molecule is CCc1ccccc1NC(=O)CN1CCN(C(=O)C[C@@H](C)c2ccccc2)CC1. The Labute approximate surface area is 173 Å². The maximum Gasteiger partial charge on any atom is 0.238 e. The fraction of sp³-hybridized carbons (Fsp3) is 0.417. The van der Waals surface area contributed by atoms with Crippen LogP contribution < -0.4 is 5.32 Å². The number of anilines is 1. The Morgan fingerprint density at radius 1 is 0.966 bits per heavy atom. The summed E-state index contributed by atoms with van der Waals surface area (Å²) in [6.07, 6.45) is 1.41. The number of benzene rings is 2. The molecule has 0 bridgehead atoms. The number of carbonyl (C=O) groups is 2. The van der Waals surface area contributed by atoms with Gasteiger partial charge in [-0.1, -0.05) is 62.4 Å². The second-order valence-corrected chi connectivity index (χ2v) is 7.73. The van der Waals surface area contributed by atoms with E-state index in [1.165, 1.54) is 5.56 Å². The van der Waals surface area contributed by atoms with E-state index in [1.54, 1.807) is 0 Å². The molecule has 0 spiro atoms. The van der Waals surface area contributed by atoms with Gasteiger partial charge in [-0.15, -0.1) is 0 Å². The number of rotatable bonds is 7. The van der Waals surface area contributed by atoms with Gasteiger partial charge in [0.2, 0.25) is 11.8 Å².